The van der Waals surface area contributed by atoms with Gasteiger partial charge < -0.3 is 10.1 Å². The van der Waals surface area contributed by atoms with Crippen molar-refractivity contribution < 1.29 is 9.53 Å². The van der Waals surface area contributed by atoms with Crippen LogP contribution in [0.25, 0.3) is 23.0 Å². The number of aromatic nitrogens is 2. The molecule has 140 valence electrons. The van der Waals surface area contributed by atoms with Crippen molar-refractivity contribution in [3.05, 3.63) is 71.4 Å². The Morgan fingerprint density at radius 2 is 2.00 bits per heavy atom. The molecule has 3 rings (SSSR count). The number of aryl methyl sites for hydroxylation is 1. The van der Waals surface area contributed by atoms with Crippen molar-refractivity contribution in [2.24, 2.45) is 0 Å². The largest absolute Gasteiger partial charge is 0.496 e. The van der Waals surface area contributed by atoms with Gasteiger partial charge in [-0.05, 0) is 48.9 Å². The van der Waals surface area contributed by atoms with E-state index in [0.29, 0.717) is 11.3 Å². The summed E-state index contributed by atoms with van der Waals surface area (Å²) in [5.74, 6) is 0.346. The van der Waals surface area contributed by atoms with E-state index < -0.39 is 5.91 Å². The van der Waals surface area contributed by atoms with Gasteiger partial charge in [0.25, 0.3) is 5.91 Å². The molecule has 1 amide bonds. The Labute approximate surface area is 163 Å². The van der Waals surface area contributed by atoms with Gasteiger partial charge in [0.15, 0.2) is 0 Å². The molecule has 3 aromatic rings. The zero-order valence-corrected chi connectivity index (χ0v) is 15.9. The molecule has 0 atom stereocenters. The number of nitrogens with one attached hydrogen (secondary N) is 1. The molecule has 0 aliphatic carbocycles. The molecular weight excluding hydrogens is 352 g/mol. The highest BCUT2D eigenvalue weighted by atomic mass is 16.5. The second kappa shape index (κ2) is 8.23. The van der Waals surface area contributed by atoms with Crippen LogP contribution in [-0.4, -0.2) is 29.8 Å². The molecule has 0 unspecified atom stereocenters. The maximum atomic E-state index is 12.0. The number of methoxy groups -OCH3 is 1. The van der Waals surface area contributed by atoms with Crippen molar-refractivity contribution in [3.63, 3.8) is 0 Å². The van der Waals surface area contributed by atoms with Gasteiger partial charge in [0.05, 0.1) is 12.8 Å². The van der Waals surface area contributed by atoms with Crippen molar-refractivity contribution >= 4 is 12.0 Å². The van der Waals surface area contributed by atoms with Gasteiger partial charge in [-0.25, -0.2) is 4.68 Å². The number of nitriles is 1. The molecule has 0 fully saturated rings. The highest BCUT2D eigenvalue weighted by Crippen LogP contribution is 2.29. The van der Waals surface area contributed by atoms with Crippen molar-refractivity contribution in [2.45, 2.75) is 6.92 Å². The van der Waals surface area contributed by atoms with E-state index in [0.717, 1.165) is 22.6 Å². The first-order valence-electron chi connectivity index (χ1n) is 8.71. The fraction of sp³-hybridized carbons (Fsp3) is 0.136. The van der Waals surface area contributed by atoms with Crippen LogP contribution < -0.4 is 10.1 Å². The quantitative estimate of drug-likeness (QED) is 0.549. The summed E-state index contributed by atoms with van der Waals surface area (Å²) in [6.07, 6.45) is 3.37. The zero-order valence-electron chi connectivity index (χ0n) is 15.9. The Bertz CT molecular complexity index is 1080. The zero-order chi connectivity index (χ0) is 20.1. The van der Waals surface area contributed by atoms with Crippen LogP contribution in [0.15, 0.2) is 60.3 Å². The van der Waals surface area contributed by atoms with E-state index in [1.165, 1.54) is 7.05 Å². The molecule has 2 aromatic carbocycles. The Morgan fingerprint density at radius 1 is 1.25 bits per heavy atom. The molecule has 0 saturated heterocycles. The van der Waals surface area contributed by atoms with E-state index >= 15 is 0 Å². The molecule has 1 aromatic heterocycles. The first-order chi connectivity index (χ1) is 13.6. The van der Waals surface area contributed by atoms with Crippen molar-refractivity contribution in [1.29, 1.82) is 5.26 Å². The summed E-state index contributed by atoms with van der Waals surface area (Å²) in [7, 11) is 3.12. The van der Waals surface area contributed by atoms with Crippen LogP contribution in [0.2, 0.25) is 0 Å². The third-order valence-corrected chi connectivity index (χ3v) is 4.32. The van der Waals surface area contributed by atoms with Crippen LogP contribution in [0.4, 0.5) is 0 Å². The predicted octanol–water partition coefficient (Wildman–Crippen LogP) is 3.51. The minimum absolute atomic E-state index is 0.0154. The van der Waals surface area contributed by atoms with E-state index in [4.69, 9.17) is 9.84 Å². The first-order valence-corrected chi connectivity index (χ1v) is 8.71. The number of amides is 1. The lowest BCUT2D eigenvalue weighted by Gasteiger charge is -2.07. The van der Waals surface area contributed by atoms with Gasteiger partial charge in [0, 0.05) is 24.4 Å². The molecule has 1 heterocycles. The van der Waals surface area contributed by atoms with Gasteiger partial charge in [-0.2, -0.15) is 10.4 Å². The van der Waals surface area contributed by atoms with Crippen LogP contribution in [0.5, 0.6) is 5.75 Å². The summed E-state index contributed by atoms with van der Waals surface area (Å²) in [5, 5.41) is 16.6. The van der Waals surface area contributed by atoms with Crippen LogP contribution in [0.1, 0.15) is 11.1 Å². The van der Waals surface area contributed by atoms with E-state index in [1.807, 2.05) is 67.7 Å². The third-order valence-electron chi connectivity index (χ3n) is 4.32. The first kappa shape index (κ1) is 18.9. The second-order valence-electron chi connectivity index (χ2n) is 6.15. The Balaban J connectivity index is 2.18. The molecule has 0 aliphatic rings. The number of benzene rings is 2. The summed E-state index contributed by atoms with van der Waals surface area (Å²) < 4.78 is 7.07. The molecule has 0 saturated carbocycles. The highest BCUT2D eigenvalue weighted by molar-refractivity contribution is 6.02. The summed E-state index contributed by atoms with van der Waals surface area (Å²) in [6.45, 7) is 1.96. The Hall–Kier alpha value is -3.85. The Kier molecular flexibility index (Phi) is 5.56. The second-order valence-corrected chi connectivity index (χ2v) is 6.15. The van der Waals surface area contributed by atoms with E-state index in [2.05, 4.69) is 5.32 Å². The smallest absolute Gasteiger partial charge is 0.261 e. The van der Waals surface area contributed by atoms with Crippen LogP contribution in [0, 0.1) is 18.3 Å². The summed E-state index contributed by atoms with van der Waals surface area (Å²) in [4.78, 5) is 12.0. The van der Waals surface area contributed by atoms with E-state index in [-0.39, 0.29) is 5.57 Å². The molecule has 6 heteroatoms. The fourth-order valence-corrected chi connectivity index (χ4v) is 2.89. The molecule has 1 N–H and O–H groups in total. The van der Waals surface area contributed by atoms with Gasteiger partial charge >= 0.3 is 0 Å². The lowest BCUT2D eigenvalue weighted by Crippen LogP contribution is -2.19. The number of rotatable bonds is 5. The molecule has 0 aliphatic heterocycles. The summed E-state index contributed by atoms with van der Waals surface area (Å²) >= 11 is 0. The lowest BCUT2D eigenvalue weighted by molar-refractivity contribution is -0.116. The van der Waals surface area contributed by atoms with Gasteiger partial charge in [-0.15, -0.1) is 0 Å². The number of carbonyl (C=O) groups excluding carboxylic acids is 1. The maximum absolute atomic E-state index is 12.0. The SMILES string of the molecule is CNC(=O)C(C#N)=Cc1cn(-c2ccccc2)nc1-c1ccc(OC)c(C)c1. The van der Waals surface area contributed by atoms with Crippen LogP contribution in [-0.2, 0) is 4.79 Å². The summed E-state index contributed by atoms with van der Waals surface area (Å²) in [6, 6.07) is 17.4. The number of para-hydroxylation sites is 1. The van der Waals surface area contributed by atoms with Gasteiger partial charge in [-0.3, -0.25) is 4.79 Å². The number of nitrogens with zero attached hydrogens (tertiary/aromatic N) is 3. The van der Waals surface area contributed by atoms with Crippen molar-refractivity contribution in [3.8, 4) is 28.8 Å². The monoisotopic (exact) mass is 372 g/mol. The van der Waals surface area contributed by atoms with Crippen LogP contribution >= 0.6 is 0 Å². The highest BCUT2D eigenvalue weighted by Gasteiger charge is 2.15. The number of hydrogen-bond acceptors (Lipinski definition) is 4. The molecule has 0 radical (unpaired) electrons. The van der Waals surface area contributed by atoms with Crippen molar-refractivity contribution in [1.82, 2.24) is 15.1 Å². The molecule has 28 heavy (non-hydrogen) atoms. The number of carbonyl (C=O) groups is 1. The molecular formula is C22H20N4O2. The normalized spacial score (nSPS) is 11.0. The van der Waals surface area contributed by atoms with E-state index in [9.17, 15) is 10.1 Å². The van der Waals surface area contributed by atoms with Gasteiger partial charge in [-0.1, -0.05) is 18.2 Å². The van der Waals surface area contributed by atoms with Gasteiger partial charge in [0.1, 0.15) is 23.1 Å². The molecule has 6 nitrogen and oxygen atoms in total. The maximum Gasteiger partial charge on any atom is 0.261 e. The standard InChI is InChI=1S/C22H20N4O2/c1-15-11-16(9-10-20(15)28-3)21-18(12-17(13-23)22(27)24-2)14-26(25-21)19-7-5-4-6-8-19/h4-12,14H,1-3H3,(H,24,27). The Morgan fingerprint density at radius 3 is 2.61 bits per heavy atom. The topological polar surface area (TPSA) is 79.9 Å². The number of ether oxygens (including phenoxy) is 1. The predicted molar refractivity (Wildman–Crippen MR) is 108 cm³/mol. The average Bonchev–Trinajstić information content (AvgIpc) is 3.16. The molecule has 0 bridgehead atoms. The van der Waals surface area contributed by atoms with Crippen molar-refractivity contribution in [2.75, 3.05) is 14.2 Å². The van der Waals surface area contributed by atoms with Gasteiger partial charge in [0.2, 0.25) is 0 Å². The fourth-order valence-electron chi connectivity index (χ4n) is 2.89. The number of hydrogen-bond donors (Lipinski definition) is 1. The minimum Gasteiger partial charge on any atom is -0.496 e. The minimum atomic E-state index is -0.438. The number of likely N-dealkylation sites (N-methyl/N-ethyl adjacent to an activating group) is 1. The average molecular weight is 372 g/mol. The molecule has 0 spiro atoms. The third kappa shape index (κ3) is 3.79. The van der Waals surface area contributed by atoms with Crippen LogP contribution in [0.3, 0.4) is 0 Å². The lowest BCUT2D eigenvalue weighted by atomic mass is 10.0. The summed E-state index contributed by atoms with van der Waals surface area (Å²) in [5.41, 5.74) is 4.08. The van der Waals surface area contributed by atoms with E-state index in [1.54, 1.807) is 17.9 Å².